The highest BCUT2D eigenvalue weighted by Crippen LogP contribution is 2.27. The van der Waals surface area contributed by atoms with E-state index in [0.29, 0.717) is 4.90 Å². The van der Waals surface area contributed by atoms with E-state index < -0.39 is 9.84 Å². The van der Waals surface area contributed by atoms with Crippen molar-refractivity contribution in [3.05, 3.63) is 45.4 Å². The van der Waals surface area contributed by atoms with Gasteiger partial charge in [-0.15, -0.1) is 35.3 Å². The highest BCUT2D eigenvalue weighted by molar-refractivity contribution is 14.0. The van der Waals surface area contributed by atoms with Crippen molar-refractivity contribution < 1.29 is 8.42 Å². The van der Waals surface area contributed by atoms with Crippen LogP contribution in [0.3, 0.4) is 0 Å². The second kappa shape index (κ2) is 12.7. The van der Waals surface area contributed by atoms with Gasteiger partial charge in [-0.1, -0.05) is 12.1 Å². The summed E-state index contributed by atoms with van der Waals surface area (Å²) in [6, 6.07) is 7.08. The van der Waals surface area contributed by atoms with Gasteiger partial charge in [0.2, 0.25) is 0 Å². The number of thiazole rings is 1. The first kappa shape index (κ1) is 26.1. The Morgan fingerprint density at radius 2 is 1.87 bits per heavy atom. The third kappa shape index (κ3) is 8.34. The number of aromatic nitrogens is 1. The van der Waals surface area contributed by atoms with Crippen LogP contribution in [0.25, 0.3) is 0 Å². The van der Waals surface area contributed by atoms with E-state index in [1.54, 1.807) is 12.1 Å². The van der Waals surface area contributed by atoms with E-state index in [-0.39, 0.29) is 24.0 Å². The Labute approximate surface area is 207 Å². The van der Waals surface area contributed by atoms with Crippen LogP contribution in [0.1, 0.15) is 47.3 Å². The fourth-order valence-electron chi connectivity index (χ4n) is 3.50. The molecule has 3 rings (SSSR count). The molecular formula is C22H33IN4O2S2. The Morgan fingerprint density at radius 1 is 1.13 bits per heavy atom. The van der Waals surface area contributed by atoms with E-state index in [0.717, 1.165) is 56.8 Å². The van der Waals surface area contributed by atoms with Crippen LogP contribution in [0.5, 0.6) is 0 Å². The first-order valence-electron chi connectivity index (χ1n) is 10.7. The molecule has 6 nitrogen and oxygen atoms in total. The Kier molecular flexibility index (Phi) is 10.7. The summed E-state index contributed by atoms with van der Waals surface area (Å²) in [5, 5.41) is 7.90. The third-order valence-corrected chi connectivity index (χ3v) is 7.46. The summed E-state index contributed by atoms with van der Waals surface area (Å²) >= 11 is 1.89. The molecule has 1 aromatic heterocycles. The van der Waals surface area contributed by atoms with E-state index in [1.807, 2.05) is 23.5 Å². The zero-order valence-corrected chi connectivity index (χ0v) is 22.3. The molecule has 0 unspecified atom stereocenters. The van der Waals surface area contributed by atoms with Crippen LogP contribution < -0.4 is 10.6 Å². The van der Waals surface area contributed by atoms with Crippen LogP contribution in [0.2, 0.25) is 0 Å². The number of sulfone groups is 1. The minimum absolute atomic E-state index is 0. The van der Waals surface area contributed by atoms with Gasteiger partial charge >= 0.3 is 0 Å². The number of benzene rings is 1. The topological polar surface area (TPSA) is 83.4 Å². The molecule has 1 aliphatic rings. The summed E-state index contributed by atoms with van der Waals surface area (Å²) < 4.78 is 23.1. The van der Waals surface area contributed by atoms with E-state index in [1.165, 1.54) is 41.1 Å². The summed E-state index contributed by atoms with van der Waals surface area (Å²) in [6.45, 7) is 4.38. The molecule has 0 aliphatic heterocycles. The summed E-state index contributed by atoms with van der Waals surface area (Å²) in [5.41, 5.74) is 2.43. The molecule has 0 saturated carbocycles. The average molecular weight is 577 g/mol. The molecule has 2 aromatic rings. The summed E-state index contributed by atoms with van der Waals surface area (Å²) in [4.78, 5) is 11.3. The number of fused-ring (bicyclic) bond motifs is 1. The summed E-state index contributed by atoms with van der Waals surface area (Å²) in [5.74, 6) is 0.823. The van der Waals surface area contributed by atoms with Crippen LogP contribution in [0, 0.1) is 0 Å². The maximum Gasteiger partial charge on any atom is 0.191 e. The van der Waals surface area contributed by atoms with Gasteiger partial charge in [-0.05, 0) is 63.1 Å². The first-order valence-corrected chi connectivity index (χ1v) is 13.4. The minimum Gasteiger partial charge on any atom is -0.357 e. The molecule has 0 saturated heterocycles. The highest BCUT2D eigenvalue weighted by Gasteiger charge is 2.14. The molecule has 1 aliphatic carbocycles. The van der Waals surface area contributed by atoms with Gasteiger partial charge in [0.15, 0.2) is 15.8 Å². The molecule has 0 spiro atoms. The number of halogens is 1. The molecular weight excluding hydrogens is 543 g/mol. The monoisotopic (exact) mass is 576 g/mol. The largest absolute Gasteiger partial charge is 0.357 e. The van der Waals surface area contributed by atoms with E-state index in [4.69, 9.17) is 4.98 Å². The lowest BCUT2D eigenvalue weighted by atomic mass is 10.0. The van der Waals surface area contributed by atoms with Crippen molar-refractivity contribution in [3.8, 4) is 0 Å². The van der Waals surface area contributed by atoms with E-state index >= 15 is 0 Å². The maximum absolute atomic E-state index is 11.5. The zero-order chi connectivity index (χ0) is 21.4. The van der Waals surface area contributed by atoms with Crippen molar-refractivity contribution in [2.75, 3.05) is 25.9 Å². The van der Waals surface area contributed by atoms with Crippen molar-refractivity contribution >= 4 is 51.1 Å². The molecule has 0 bridgehead atoms. The maximum atomic E-state index is 11.5. The Balaban J connectivity index is 0.00000341. The molecule has 9 heteroatoms. The molecule has 1 heterocycles. The van der Waals surface area contributed by atoms with E-state index in [9.17, 15) is 8.42 Å². The quantitative estimate of drug-likeness (QED) is 0.206. The smallest absolute Gasteiger partial charge is 0.191 e. The third-order valence-electron chi connectivity index (χ3n) is 5.11. The molecule has 2 N–H and O–H groups in total. The fourth-order valence-corrected chi connectivity index (χ4v) is 5.33. The molecule has 0 amide bonds. The summed E-state index contributed by atoms with van der Waals surface area (Å²) in [7, 11) is -3.14. The predicted molar refractivity (Wildman–Crippen MR) is 140 cm³/mol. The number of aryl methyl sites for hydroxylation is 3. The van der Waals surface area contributed by atoms with Crippen molar-refractivity contribution in [1.29, 1.82) is 0 Å². The molecule has 0 radical (unpaired) electrons. The molecule has 31 heavy (non-hydrogen) atoms. The van der Waals surface area contributed by atoms with E-state index in [2.05, 4.69) is 22.5 Å². The second-order valence-electron chi connectivity index (χ2n) is 7.64. The van der Waals surface area contributed by atoms with Gasteiger partial charge in [0.05, 0.1) is 15.6 Å². The lowest BCUT2D eigenvalue weighted by Crippen LogP contribution is -2.38. The van der Waals surface area contributed by atoms with Gasteiger partial charge in [0.25, 0.3) is 0 Å². The van der Waals surface area contributed by atoms with Crippen LogP contribution in [0.15, 0.2) is 34.2 Å². The van der Waals surface area contributed by atoms with Crippen LogP contribution in [-0.2, 0) is 35.5 Å². The fraction of sp³-hybridized carbons (Fsp3) is 0.545. The average Bonchev–Trinajstić information content (AvgIpc) is 3.14. The molecule has 0 atom stereocenters. The SMILES string of the molecule is CCNC(=NCCCc1nc2c(s1)CCCC2)NCCc1ccc(S(C)(=O)=O)cc1.I. The Bertz CT molecular complexity index is 933. The highest BCUT2D eigenvalue weighted by atomic mass is 127. The van der Waals surface area contributed by atoms with Crippen LogP contribution >= 0.6 is 35.3 Å². The lowest BCUT2D eigenvalue weighted by Gasteiger charge is -2.11. The lowest BCUT2D eigenvalue weighted by molar-refractivity contribution is 0.602. The second-order valence-corrected chi connectivity index (χ2v) is 10.8. The van der Waals surface area contributed by atoms with Gasteiger partial charge < -0.3 is 10.6 Å². The number of rotatable bonds is 9. The predicted octanol–water partition coefficient (Wildman–Crippen LogP) is 3.77. The van der Waals surface area contributed by atoms with Crippen LogP contribution in [-0.4, -0.2) is 45.3 Å². The van der Waals surface area contributed by atoms with Gasteiger partial charge in [0, 0.05) is 37.2 Å². The van der Waals surface area contributed by atoms with Gasteiger partial charge in [0.1, 0.15) is 0 Å². The number of hydrogen-bond acceptors (Lipinski definition) is 5. The normalized spacial score (nSPS) is 13.9. The first-order chi connectivity index (χ1) is 14.5. The molecule has 1 aromatic carbocycles. The number of guanidine groups is 1. The number of nitrogens with zero attached hydrogens (tertiary/aromatic N) is 2. The Morgan fingerprint density at radius 3 is 2.55 bits per heavy atom. The molecule has 172 valence electrons. The van der Waals surface area contributed by atoms with Crippen molar-refractivity contribution in [3.63, 3.8) is 0 Å². The number of nitrogens with one attached hydrogen (secondary N) is 2. The number of aliphatic imine (C=N–C) groups is 1. The summed E-state index contributed by atoms with van der Waals surface area (Å²) in [6.07, 6.45) is 8.96. The van der Waals surface area contributed by atoms with Crippen molar-refractivity contribution in [2.45, 2.75) is 56.8 Å². The van der Waals surface area contributed by atoms with Crippen LogP contribution in [0.4, 0.5) is 0 Å². The van der Waals surface area contributed by atoms with Crippen molar-refractivity contribution in [2.24, 2.45) is 4.99 Å². The van der Waals surface area contributed by atoms with Gasteiger partial charge in [-0.3, -0.25) is 4.99 Å². The minimum atomic E-state index is -3.14. The standard InChI is InChI=1S/C22H32N4O2S2.HI/c1-3-23-22(25-16-14-17-10-12-18(13-11-17)30(2,27)28)24-15-6-9-21-26-19-7-4-5-8-20(19)29-21;/h10-13H,3-9,14-16H2,1-2H3,(H2,23,24,25);1H. The number of hydrogen-bond donors (Lipinski definition) is 2. The van der Waals surface area contributed by atoms with Gasteiger partial charge in [-0.2, -0.15) is 0 Å². The van der Waals surface area contributed by atoms with Gasteiger partial charge in [-0.25, -0.2) is 13.4 Å². The Hall–Kier alpha value is -1.20. The van der Waals surface area contributed by atoms with Crippen molar-refractivity contribution in [1.82, 2.24) is 15.6 Å². The molecule has 0 fully saturated rings. The zero-order valence-electron chi connectivity index (χ0n) is 18.3.